The molecule has 0 bridgehead atoms. The lowest BCUT2D eigenvalue weighted by Crippen LogP contribution is -2.27. The van der Waals surface area contributed by atoms with Gasteiger partial charge in [-0.3, -0.25) is 14.7 Å². The predicted molar refractivity (Wildman–Crippen MR) is 128 cm³/mol. The van der Waals surface area contributed by atoms with Crippen molar-refractivity contribution in [2.24, 2.45) is 0 Å². The summed E-state index contributed by atoms with van der Waals surface area (Å²) < 4.78 is 0.543. The molecule has 0 aliphatic carbocycles. The minimum Gasteiger partial charge on any atom is -0.507 e. The Balaban J connectivity index is 2.00. The highest BCUT2D eigenvalue weighted by molar-refractivity contribution is 8.26. The van der Waals surface area contributed by atoms with Crippen LogP contribution in [0.1, 0.15) is 63.8 Å². The summed E-state index contributed by atoms with van der Waals surface area (Å²) in [4.78, 5) is 19.3. The van der Waals surface area contributed by atoms with Crippen LogP contribution in [-0.4, -0.2) is 25.2 Å². The minimum absolute atomic E-state index is 0.100. The van der Waals surface area contributed by atoms with Gasteiger partial charge in [-0.05, 0) is 46.2 Å². The number of amides is 1. The fraction of sp³-hybridized carbons (Fsp3) is 0.375. The number of thiocarbonyl (C=S) groups is 1. The summed E-state index contributed by atoms with van der Waals surface area (Å²) in [6, 6.07) is 7.72. The molecule has 1 saturated heterocycles. The topological polar surface area (TPSA) is 53.4 Å². The summed E-state index contributed by atoms with van der Waals surface area (Å²) in [6.07, 6.45) is 5.33. The first-order valence-corrected chi connectivity index (χ1v) is 11.1. The molecule has 158 valence electrons. The second-order valence-corrected chi connectivity index (χ2v) is 11.3. The zero-order valence-corrected chi connectivity index (χ0v) is 19.9. The molecule has 0 spiro atoms. The van der Waals surface area contributed by atoms with Crippen LogP contribution in [0.25, 0.3) is 6.08 Å². The Morgan fingerprint density at radius 3 is 2.23 bits per heavy atom. The van der Waals surface area contributed by atoms with Crippen LogP contribution >= 0.6 is 24.0 Å². The molecule has 1 amide bonds. The molecule has 1 aliphatic heterocycles. The minimum atomic E-state index is -0.229. The maximum atomic E-state index is 13.0. The molecule has 4 nitrogen and oxygen atoms in total. The molecule has 6 heteroatoms. The smallest absolute Gasteiger partial charge is 0.266 e. The van der Waals surface area contributed by atoms with Crippen LogP contribution in [0.15, 0.2) is 41.6 Å². The number of rotatable bonds is 3. The highest BCUT2D eigenvalue weighted by Crippen LogP contribution is 2.41. The van der Waals surface area contributed by atoms with Gasteiger partial charge in [-0.25, -0.2) is 0 Å². The van der Waals surface area contributed by atoms with Crippen LogP contribution in [-0.2, 0) is 22.2 Å². The average molecular weight is 441 g/mol. The zero-order chi connectivity index (χ0) is 22.3. The third-order valence-corrected chi connectivity index (χ3v) is 6.36. The summed E-state index contributed by atoms with van der Waals surface area (Å²) in [5.41, 5.74) is 3.11. The summed E-state index contributed by atoms with van der Waals surface area (Å²) in [6.45, 7) is 12.9. The second kappa shape index (κ2) is 8.16. The molecule has 1 N–H and O–H groups in total. The lowest BCUT2D eigenvalue weighted by Gasteiger charge is -2.28. The van der Waals surface area contributed by atoms with E-state index in [0.717, 1.165) is 22.3 Å². The number of phenolic OH excluding ortho intramolecular Hbond substituents is 1. The van der Waals surface area contributed by atoms with Gasteiger partial charge < -0.3 is 5.11 Å². The standard InChI is InChI=1S/C24H28N2O2S2/c1-23(2,3)17-10-16(11-18(20(17)27)24(4,5)6)12-19-21(28)26(22(29)30-19)14-15-8-7-9-25-13-15/h7-13,27H,14H2,1-6H3/b19-12+. The first-order chi connectivity index (χ1) is 13.9. The van der Waals surface area contributed by atoms with E-state index in [0.29, 0.717) is 21.5 Å². The average Bonchev–Trinajstić information content (AvgIpc) is 2.89. The largest absolute Gasteiger partial charge is 0.507 e. The van der Waals surface area contributed by atoms with Gasteiger partial charge in [0, 0.05) is 23.5 Å². The number of pyridine rings is 1. The monoisotopic (exact) mass is 440 g/mol. The number of carbonyl (C=O) groups is 1. The van der Waals surface area contributed by atoms with Gasteiger partial charge >= 0.3 is 0 Å². The van der Waals surface area contributed by atoms with Gasteiger partial charge in [-0.15, -0.1) is 0 Å². The van der Waals surface area contributed by atoms with Crippen molar-refractivity contribution in [2.45, 2.75) is 58.9 Å². The molecule has 1 aromatic carbocycles. The van der Waals surface area contributed by atoms with Crippen LogP contribution in [0.2, 0.25) is 0 Å². The Morgan fingerprint density at radius 2 is 1.73 bits per heavy atom. The number of benzene rings is 1. The number of nitrogens with zero attached hydrogens (tertiary/aromatic N) is 2. The number of thioether (sulfide) groups is 1. The van der Waals surface area contributed by atoms with Crippen molar-refractivity contribution in [1.82, 2.24) is 9.88 Å². The Kier molecular flexibility index (Phi) is 6.12. The number of carbonyl (C=O) groups excluding carboxylic acids is 1. The molecule has 1 aliphatic rings. The summed E-state index contributed by atoms with van der Waals surface area (Å²) >= 11 is 6.78. The number of aromatic nitrogens is 1. The van der Waals surface area contributed by atoms with Crippen molar-refractivity contribution in [3.05, 3.63) is 63.8 Å². The van der Waals surface area contributed by atoms with Gasteiger partial charge in [-0.1, -0.05) is 71.6 Å². The fourth-order valence-electron chi connectivity index (χ4n) is 3.35. The van der Waals surface area contributed by atoms with E-state index in [2.05, 4.69) is 46.5 Å². The second-order valence-electron chi connectivity index (χ2n) is 9.59. The zero-order valence-electron chi connectivity index (χ0n) is 18.3. The lowest BCUT2D eigenvalue weighted by atomic mass is 9.78. The molecule has 0 atom stereocenters. The van der Waals surface area contributed by atoms with Crippen molar-refractivity contribution in [3.8, 4) is 5.75 Å². The van der Waals surface area contributed by atoms with E-state index in [9.17, 15) is 9.90 Å². The molecule has 1 aromatic heterocycles. The van der Waals surface area contributed by atoms with Gasteiger partial charge in [0.1, 0.15) is 10.1 Å². The first-order valence-electron chi connectivity index (χ1n) is 9.90. The molecule has 2 heterocycles. The third kappa shape index (κ3) is 4.76. The Hall–Kier alpha value is -2.18. The van der Waals surface area contributed by atoms with Crippen molar-refractivity contribution in [3.63, 3.8) is 0 Å². The lowest BCUT2D eigenvalue weighted by molar-refractivity contribution is -0.122. The maximum absolute atomic E-state index is 13.0. The normalized spacial score (nSPS) is 16.6. The molecular formula is C24H28N2O2S2. The molecule has 30 heavy (non-hydrogen) atoms. The molecular weight excluding hydrogens is 412 g/mol. The van der Waals surface area contributed by atoms with E-state index in [1.54, 1.807) is 17.3 Å². The van der Waals surface area contributed by atoms with Crippen LogP contribution in [0.3, 0.4) is 0 Å². The highest BCUT2D eigenvalue weighted by Gasteiger charge is 2.33. The van der Waals surface area contributed by atoms with Gasteiger partial charge in [0.05, 0.1) is 11.4 Å². The van der Waals surface area contributed by atoms with Crippen LogP contribution in [0.4, 0.5) is 0 Å². The molecule has 0 unspecified atom stereocenters. The van der Waals surface area contributed by atoms with Gasteiger partial charge in [0.2, 0.25) is 0 Å². The summed E-state index contributed by atoms with van der Waals surface area (Å²) in [5.74, 6) is 0.229. The van der Waals surface area contributed by atoms with Crippen molar-refractivity contribution in [2.75, 3.05) is 0 Å². The Labute approximate surface area is 188 Å². The molecule has 0 saturated carbocycles. The first kappa shape index (κ1) is 22.5. The summed E-state index contributed by atoms with van der Waals surface area (Å²) in [7, 11) is 0. The number of hydrogen-bond acceptors (Lipinski definition) is 5. The fourth-order valence-corrected chi connectivity index (χ4v) is 4.60. The predicted octanol–water partition coefficient (Wildman–Crippen LogP) is 5.78. The Bertz CT molecular complexity index is 981. The molecule has 0 radical (unpaired) electrons. The SMILES string of the molecule is CC(C)(C)c1cc(/C=C2/SC(=S)N(Cc3cccnc3)C2=O)cc(C(C)(C)C)c1O. The number of phenols is 1. The van der Waals surface area contributed by atoms with Gasteiger partial charge in [-0.2, -0.15) is 0 Å². The van der Waals surface area contributed by atoms with Crippen LogP contribution in [0, 0.1) is 0 Å². The molecule has 3 rings (SSSR count). The van der Waals surface area contributed by atoms with Crippen LogP contribution < -0.4 is 0 Å². The van der Waals surface area contributed by atoms with E-state index in [1.165, 1.54) is 11.8 Å². The number of hydrogen-bond donors (Lipinski definition) is 1. The van der Waals surface area contributed by atoms with Crippen molar-refractivity contribution >= 4 is 40.3 Å². The molecule has 2 aromatic rings. The van der Waals surface area contributed by atoms with Crippen LogP contribution in [0.5, 0.6) is 5.75 Å². The van der Waals surface area contributed by atoms with E-state index in [-0.39, 0.29) is 16.7 Å². The highest BCUT2D eigenvalue weighted by atomic mass is 32.2. The van der Waals surface area contributed by atoms with Gasteiger partial charge in [0.25, 0.3) is 5.91 Å². The van der Waals surface area contributed by atoms with Crippen molar-refractivity contribution < 1.29 is 9.90 Å². The van der Waals surface area contributed by atoms with E-state index >= 15 is 0 Å². The van der Waals surface area contributed by atoms with Crippen molar-refractivity contribution in [1.29, 1.82) is 0 Å². The maximum Gasteiger partial charge on any atom is 0.266 e. The number of aromatic hydroxyl groups is 1. The van der Waals surface area contributed by atoms with E-state index in [4.69, 9.17) is 12.2 Å². The van der Waals surface area contributed by atoms with E-state index in [1.807, 2.05) is 30.3 Å². The quantitative estimate of drug-likeness (QED) is 0.484. The third-order valence-electron chi connectivity index (χ3n) is 4.98. The summed E-state index contributed by atoms with van der Waals surface area (Å²) in [5, 5.41) is 10.9. The Morgan fingerprint density at radius 1 is 1.13 bits per heavy atom. The van der Waals surface area contributed by atoms with Gasteiger partial charge in [0.15, 0.2) is 0 Å². The van der Waals surface area contributed by atoms with E-state index < -0.39 is 0 Å². The molecule has 1 fully saturated rings.